The zero-order chi connectivity index (χ0) is 19.8. The summed E-state index contributed by atoms with van der Waals surface area (Å²) in [4.78, 5) is 13.1. The lowest BCUT2D eigenvalue weighted by Crippen LogP contribution is -2.51. The van der Waals surface area contributed by atoms with Gasteiger partial charge in [-0.1, -0.05) is 78.5 Å². The van der Waals surface area contributed by atoms with Crippen LogP contribution in [0, 0.1) is 0 Å². The number of nitrogens with zero attached hydrogens (tertiary/aromatic N) is 2. The third kappa shape index (κ3) is 3.06. The van der Waals surface area contributed by atoms with Crippen LogP contribution in [-0.2, 0) is 4.79 Å². The quantitative estimate of drug-likeness (QED) is 0.630. The Bertz CT molecular complexity index is 1140. The molecule has 0 aromatic heterocycles. The summed E-state index contributed by atoms with van der Waals surface area (Å²) in [5, 5.41) is 16.2. The Kier molecular flexibility index (Phi) is 4.48. The van der Waals surface area contributed by atoms with Gasteiger partial charge in [-0.05, 0) is 16.8 Å². The molecule has 3 aromatic carbocycles. The van der Waals surface area contributed by atoms with Crippen molar-refractivity contribution in [2.24, 2.45) is 5.10 Å². The van der Waals surface area contributed by atoms with Crippen LogP contribution in [0.15, 0.2) is 84.5 Å². The molecule has 2 heterocycles. The fourth-order valence-electron chi connectivity index (χ4n) is 3.96. The van der Waals surface area contributed by atoms with E-state index in [1.54, 1.807) is 6.08 Å². The minimum atomic E-state index is -0.482. The van der Waals surface area contributed by atoms with Crippen molar-refractivity contribution >= 4 is 39.3 Å². The van der Waals surface area contributed by atoms with Gasteiger partial charge in [-0.2, -0.15) is 0 Å². The van der Waals surface area contributed by atoms with E-state index in [1.807, 2.05) is 41.4 Å². The summed E-state index contributed by atoms with van der Waals surface area (Å²) in [5.74, 6) is 0.617. The van der Waals surface area contributed by atoms with Crippen LogP contribution < -0.4 is 10.6 Å². The van der Waals surface area contributed by atoms with E-state index < -0.39 is 6.04 Å². The summed E-state index contributed by atoms with van der Waals surface area (Å²) < 4.78 is 0. The first-order chi connectivity index (χ1) is 14.3. The van der Waals surface area contributed by atoms with Crippen molar-refractivity contribution in [3.8, 4) is 0 Å². The monoisotopic (exact) mass is 400 g/mol. The molecule has 144 valence electrons. The molecule has 2 unspecified atom stereocenters. The van der Waals surface area contributed by atoms with E-state index in [1.165, 1.54) is 11.8 Å². The van der Waals surface area contributed by atoms with Gasteiger partial charge >= 0.3 is 0 Å². The molecule has 0 saturated carbocycles. The number of carbonyl (C=O) groups is 1. The Labute approximate surface area is 173 Å². The summed E-state index contributed by atoms with van der Waals surface area (Å²) in [6, 6.07) is 22.0. The molecule has 5 nitrogen and oxygen atoms in total. The first kappa shape index (κ1) is 17.8. The fraction of sp³-hybridized carbons (Fsp3) is 0.130. The maximum absolute atomic E-state index is 13.1. The molecule has 2 N–H and O–H groups in total. The molecule has 29 heavy (non-hydrogen) atoms. The lowest BCUT2D eigenvalue weighted by molar-refractivity contribution is -0.127. The Morgan fingerprint density at radius 3 is 2.69 bits per heavy atom. The topological polar surface area (TPSA) is 56.7 Å². The molecule has 1 amide bonds. The molecule has 0 fully saturated rings. The second-order valence-corrected chi connectivity index (χ2v) is 7.99. The number of benzene rings is 3. The number of hydrogen-bond donors (Lipinski definition) is 2. The van der Waals surface area contributed by atoms with Gasteiger partial charge in [0.2, 0.25) is 0 Å². The van der Waals surface area contributed by atoms with E-state index in [9.17, 15) is 4.79 Å². The predicted octanol–water partition coefficient (Wildman–Crippen LogP) is 4.63. The van der Waals surface area contributed by atoms with Gasteiger partial charge in [0.05, 0.1) is 0 Å². The van der Waals surface area contributed by atoms with Crippen LogP contribution in [0.1, 0.15) is 23.3 Å². The van der Waals surface area contributed by atoms with E-state index in [4.69, 9.17) is 5.10 Å². The first-order valence-electron chi connectivity index (χ1n) is 9.51. The minimum absolute atomic E-state index is 0.0641. The number of amides is 1. The van der Waals surface area contributed by atoms with Crippen LogP contribution in [0.25, 0.3) is 10.8 Å². The fourth-order valence-corrected chi connectivity index (χ4v) is 4.56. The minimum Gasteiger partial charge on any atom is -0.360 e. The van der Waals surface area contributed by atoms with Crippen LogP contribution in [0.4, 0.5) is 5.69 Å². The van der Waals surface area contributed by atoms with Crippen LogP contribution in [-0.4, -0.2) is 21.8 Å². The standard InChI is InChI=1S/C23H20N4OS/c1-2-14-29-23-25-22(28)20-18-11-5-6-13-19(18)24-21(27(20)26-23)17-12-7-9-15-8-3-4-10-16(15)17/h2-13,20-21,24H,1,14H2,(H,25,26,28). The second-order valence-electron chi connectivity index (χ2n) is 6.98. The van der Waals surface area contributed by atoms with Crippen molar-refractivity contribution in [1.82, 2.24) is 10.3 Å². The van der Waals surface area contributed by atoms with Crippen LogP contribution in [0.5, 0.6) is 0 Å². The van der Waals surface area contributed by atoms with Gasteiger partial charge in [-0.15, -0.1) is 11.7 Å². The number of hydrazone groups is 1. The number of rotatable bonds is 3. The molecule has 0 spiro atoms. The van der Waals surface area contributed by atoms with Gasteiger partial charge in [-0.3, -0.25) is 9.80 Å². The lowest BCUT2D eigenvalue weighted by Gasteiger charge is -2.44. The average molecular weight is 401 g/mol. The number of amidine groups is 1. The number of nitrogens with one attached hydrogen (secondary N) is 2. The van der Waals surface area contributed by atoms with Crippen LogP contribution >= 0.6 is 11.8 Å². The molecule has 3 aromatic rings. The summed E-state index contributed by atoms with van der Waals surface area (Å²) in [6.45, 7) is 3.76. The van der Waals surface area contributed by atoms with Gasteiger partial charge in [-0.25, -0.2) is 0 Å². The van der Waals surface area contributed by atoms with E-state index in [0.717, 1.165) is 27.6 Å². The SMILES string of the molecule is C=CCSC1=NN2C(c3cccc4ccccc34)Nc3ccccc3C2C(=O)N1. The molecule has 6 heteroatoms. The number of hydrogen-bond acceptors (Lipinski definition) is 5. The number of para-hydroxylation sites is 1. The van der Waals surface area contributed by atoms with Gasteiger partial charge in [0, 0.05) is 22.6 Å². The Morgan fingerprint density at radius 1 is 1.03 bits per heavy atom. The van der Waals surface area contributed by atoms with E-state index >= 15 is 0 Å². The molecule has 0 bridgehead atoms. The smallest absolute Gasteiger partial charge is 0.255 e. The van der Waals surface area contributed by atoms with Crippen LogP contribution in [0.3, 0.4) is 0 Å². The zero-order valence-electron chi connectivity index (χ0n) is 15.7. The summed E-state index contributed by atoms with van der Waals surface area (Å²) >= 11 is 1.47. The highest BCUT2D eigenvalue weighted by molar-refractivity contribution is 8.14. The van der Waals surface area contributed by atoms with Crippen LogP contribution in [0.2, 0.25) is 0 Å². The Morgan fingerprint density at radius 2 is 1.79 bits per heavy atom. The van der Waals surface area contributed by atoms with E-state index in [0.29, 0.717) is 10.9 Å². The Hall–Kier alpha value is -3.25. The maximum atomic E-state index is 13.1. The third-order valence-corrected chi connectivity index (χ3v) is 6.08. The van der Waals surface area contributed by atoms with Gasteiger partial charge in [0.15, 0.2) is 11.2 Å². The van der Waals surface area contributed by atoms with E-state index in [2.05, 4.69) is 47.5 Å². The Balaban J connectivity index is 1.68. The molecule has 5 rings (SSSR count). The molecule has 0 saturated heterocycles. The van der Waals surface area contributed by atoms with Crippen molar-refractivity contribution in [2.45, 2.75) is 12.2 Å². The van der Waals surface area contributed by atoms with Gasteiger partial charge in [0.1, 0.15) is 6.17 Å². The molecule has 2 aliphatic heterocycles. The first-order valence-corrected chi connectivity index (χ1v) is 10.5. The van der Waals surface area contributed by atoms with Crippen molar-refractivity contribution in [2.75, 3.05) is 11.1 Å². The molecule has 0 radical (unpaired) electrons. The highest BCUT2D eigenvalue weighted by Gasteiger charge is 2.42. The third-order valence-electron chi connectivity index (χ3n) is 5.22. The lowest BCUT2D eigenvalue weighted by atomic mass is 9.95. The largest absolute Gasteiger partial charge is 0.360 e. The second kappa shape index (κ2) is 7.29. The van der Waals surface area contributed by atoms with Crippen molar-refractivity contribution in [3.63, 3.8) is 0 Å². The summed E-state index contributed by atoms with van der Waals surface area (Å²) in [7, 11) is 0. The number of fused-ring (bicyclic) bond motifs is 4. The predicted molar refractivity (Wildman–Crippen MR) is 120 cm³/mol. The average Bonchev–Trinajstić information content (AvgIpc) is 2.76. The molecule has 0 aliphatic carbocycles. The number of anilines is 1. The molecular formula is C23H20N4OS. The summed E-state index contributed by atoms with van der Waals surface area (Å²) in [5.41, 5.74) is 2.98. The highest BCUT2D eigenvalue weighted by Crippen LogP contribution is 2.43. The zero-order valence-corrected chi connectivity index (χ0v) is 16.5. The van der Waals surface area contributed by atoms with Crippen molar-refractivity contribution in [3.05, 3.63) is 90.5 Å². The molecule has 2 aliphatic rings. The van der Waals surface area contributed by atoms with Gasteiger partial charge in [0.25, 0.3) is 5.91 Å². The van der Waals surface area contributed by atoms with Crippen molar-refractivity contribution < 1.29 is 4.79 Å². The van der Waals surface area contributed by atoms with E-state index in [-0.39, 0.29) is 12.1 Å². The summed E-state index contributed by atoms with van der Waals surface area (Å²) in [6.07, 6.45) is 1.54. The normalized spacial score (nSPS) is 20.2. The molecular weight excluding hydrogens is 380 g/mol. The van der Waals surface area contributed by atoms with Crippen molar-refractivity contribution in [1.29, 1.82) is 0 Å². The van der Waals surface area contributed by atoms with Gasteiger partial charge < -0.3 is 10.6 Å². The molecule has 2 atom stereocenters. The maximum Gasteiger partial charge on any atom is 0.255 e. The number of thioether (sulfide) groups is 1. The number of carbonyl (C=O) groups excluding carboxylic acids is 1. The highest BCUT2D eigenvalue weighted by atomic mass is 32.2.